The summed E-state index contributed by atoms with van der Waals surface area (Å²) in [5.41, 5.74) is 6.89. The van der Waals surface area contributed by atoms with E-state index in [4.69, 9.17) is 10.5 Å². The number of nitrogens with zero attached hydrogens (tertiary/aromatic N) is 1. The average molecular weight is 425 g/mol. The van der Waals surface area contributed by atoms with Crippen LogP contribution < -0.4 is 5.73 Å². The lowest BCUT2D eigenvalue weighted by atomic mass is 9.71. The molecule has 1 aliphatic heterocycles. The van der Waals surface area contributed by atoms with Crippen molar-refractivity contribution in [3.05, 3.63) is 0 Å². The number of carbonyl (C=O) groups is 1. The second-order valence-corrected chi connectivity index (χ2v) is 11.2. The number of rotatable bonds is 6. The predicted octanol–water partition coefficient (Wildman–Crippen LogP) is 4.70. The van der Waals surface area contributed by atoms with E-state index in [2.05, 4.69) is 20.1 Å². The van der Waals surface area contributed by atoms with Crippen LogP contribution in [-0.2, 0) is 9.53 Å². The van der Waals surface area contributed by atoms with Gasteiger partial charge in [0, 0.05) is 24.8 Å². The minimum atomic E-state index is 0.0393. The Morgan fingerprint density at radius 2 is 1.76 bits per heavy atom. The number of ether oxygens (including phenoxy) is 1. The Morgan fingerprint density at radius 3 is 2.38 bits per heavy atom. The fourth-order valence-corrected chi connectivity index (χ4v) is 7.39. The van der Waals surface area contributed by atoms with Crippen LogP contribution in [0, 0.1) is 23.7 Å². The van der Waals surface area contributed by atoms with E-state index < -0.39 is 0 Å². The maximum Gasteiger partial charge on any atom is 0.219 e. The number of likely N-dealkylation sites (tertiary alicyclic amines) is 1. The lowest BCUT2D eigenvalue weighted by Gasteiger charge is -2.49. The zero-order chi connectivity index (χ0) is 21.0. The van der Waals surface area contributed by atoms with Gasteiger partial charge in [-0.2, -0.15) is 11.8 Å². The molecule has 5 heteroatoms. The van der Waals surface area contributed by atoms with Crippen molar-refractivity contribution < 1.29 is 9.53 Å². The number of hydrogen-bond acceptors (Lipinski definition) is 4. The molecule has 2 saturated carbocycles. The van der Waals surface area contributed by atoms with Gasteiger partial charge in [0.15, 0.2) is 0 Å². The largest absolute Gasteiger partial charge is 0.376 e. The molecule has 2 N–H and O–H groups in total. The first-order valence-corrected chi connectivity index (χ1v) is 13.4. The lowest BCUT2D eigenvalue weighted by Crippen LogP contribution is -2.61. The summed E-state index contributed by atoms with van der Waals surface area (Å²) in [6.07, 6.45) is 13.8. The number of thioether (sulfide) groups is 1. The summed E-state index contributed by atoms with van der Waals surface area (Å²) in [6.45, 7) is 7.83. The molecule has 3 fully saturated rings. The van der Waals surface area contributed by atoms with Crippen LogP contribution in [-0.4, -0.2) is 53.7 Å². The van der Waals surface area contributed by atoms with Gasteiger partial charge in [0.25, 0.3) is 0 Å². The van der Waals surface area contributed by atoms with Crippen LogP contribution in [0.4, 0.5) is 0 Å². The first-order valence-electron chi connectivity index (χ1n) is 12.1. The minimum Gasteiger partial charge on any atom is -0.376 e. The molecule has 1 heterocycles. The van der Waals surface area contributed by atoms with Crippen LogP contribution in [0.1, 0.15) is 78.6 Å². The van der Waals surface area contributed by atoms with Crippen molar-refractivity contribution in [3.8, 4) is 0 Å². The molecule has 4 nitrogen and oxygen atoms in total. The maximum absolute atomic E-state index is 12.3. The normalized spacial score (nSPS) is 39.0. The number of piperidine rings is 1. The first kappa shape index (κ1) is 23.4. The average Bonchev–Trinajstić information content (AvgIpc) is 2.72. The third kappa shape index (κ3) is 5.71. The van der Waals surface area contributed by atoms with E-state index in [9.17, 15) is 4.79 Å². The van der Waals surface area contributed by atoms with Gasteiger partial charge in [0.2, 0.25) is 5.91 Å². The van der Waals surface area contributed by atoms with Crippen LogP contribution >= 0.6 is 11.8 Å². The highest BCUT2D eigenvalue weighted by Crippen LogP contribution is 2.42. The van der Waals surface area contributed by atoms with Crippen molar-refractivity contribution >= 4 is 17.7 Å². The molecule has 1 amide bonds. The number of amides is 1. The number of hydrogen-bond donors (Lipinski definition) is 1. The molecule has 0 aromatic heterocycles. The molecular formula is C24H44N2O2S. The summed E-state index contributed by atoms with van der Waals surface area (Å²) in [5.74, 6) is 3.00. The Hall–Kier alpha value is -0.260. The van der Waals surface area contributed by atoms with Crippen LogP contribution in [0.25, 0.3) is 0 Å². The second-order valence-electron chi connectivity index (χ2n) is 10.1. The zero-order valence-corrected chi connectivity index (χ0v) is 20.0. The highest BCUT2D eigenvalue weighted by Gasteiger charge is 2.43. The topological polar surface area (TPSA) is 55.6 Å². The van der Waals surface area contributed by atoms with Gasteiger partial charge < -0.3 is 15.4 Å². The quantitative estimate of drug-likeness (QED) is 0.671. The minimum absolute atomic E-state index is 0.0393. The van der Waals surface area contributed by atoms with Crippen LogP contribution in [0.15, 0.2) is 0 Å². The van der Waals surface area contributed by atoms with Crippen LogP contribution in [0.3, 0.4) is 0 Å². The molecule has 0 spiro atoms. The molecule has 3 aliphatic rings. The molecule has 0 radical (unpaired) electrons. The summed E-state index contributed by atoms with van der Waals surface area (Å²) in [6, 6.07) is 0.0795. The van der Waals surface area contributed by atoms with E-state index in [1.807, 2.05) is 16.7 Å². The molecule has 5 atom stereocenters. The van der Waals surface area contributed by atoms with E-state index in [0.717, 1.165) is 42.9 Å². The van der Waals surface area contributed by atoms with E-state index in [-0.39, 0.29) is 18.0 Å². The van der Waals surface area contributed by atoms with Crippen molar-refractivity contribution in [1.82, 2.24) is 4.90 Å². The van der Waals surface area contributed by atoms with Gasteiger partial charge >= 0.3 is 0 Å². The van der Waals surface area contributed by atoms with Crippen molar-refractivity contribution in [1.29, 1.82) is 0 Å². The van der Waals surface area contributed by atoms with Gasteiger partial charge in [-0.05, 0) is 74.9 Å². The molecule has 3 unspecified atom stereocenters. The number of nitrogens with two attached hydrogens (primary N) is 1. The Bertz CT molecular complexity index is 521. The SMILES string of the molecule is CSC1CCCCC1C1CCN(C(C)=O)[C@@H](COC2CCC(C(C)C)CC2)[C@H]1N. The molecule has 1 saturated heterocycles. The molecule has 0 aromatic rings. The molecule has 2 aliphatic carbocycles. The third-order valence-electron chi connectivity index (χ3n) is 8.22. The zero-order valence-electron chi connectivity index (χ0n) is 19.1. The highest BCUT2D eigenvalue weighted by atomic mass is 32.2. The highest BCUT2D eigenvalue weighted by molar-refractivity contribution is 7.99. The maximum atomic E-state index is 12.3. The fraction of sp³-hybridized carbons (Fsp3) is 0.958. The van der Waals surface area contributed by atoms with Gasteiger partial charge in [-0.15, -0.1) is 0 Å². The van der Waals surface area contributed by atoms with Crippen molar-refractivity contribution in [2.45, 2.75) is 102 Å². The van der Waals surface area contributed by atoms with Gasteiger partial charge in [-0.3, -0.25) is 4.79 Å². The van der Waals surface area contributed by atoms with Crippen LogP contribution in [0.5, 0.6) is 0 Å². The van der Waals surface area contributed by atoms with Crippen LogP contribution in [0.2, 0.25) is 0 Å². The smallest absolute Gasteiger partial charge is 0.219 e. The Morgan fingerprint density at radius 1 is 1.07 bits per heavy atom. The van der Waals surface area contributed by atoms with Gasteiger partial charge in [-0.25, -0.2) is 0 Å². The lowest BCUT2D eigenvalue weighted by molar-refractivity contribution is -0.138. The summed E-state index contributed by atoms with van der Waals surface area (Å²) >= 11 is 2.03. The molecular weight excluding hydrogens is 380 g/mol. The molecule has 0 aromatic carbocycles. The summed E-state index contributed by atoms with van der Waals surface area (Å²) in [5, 5.41) is 0.733. The summed E-state index contributed by atoms with van der Waals surface area (Å²) in [4.78, 5) is 14.3. The first-order chi connectivity index (χ1) is 13.9. The van der Waals surface area contributed by atoms with Gasteiger partial charge in [0.05, 0.1) is 18.8 Å². The summed E-state index contributed by atoms with van der Waals surface area (Å²) in [7, 11) is 0. The Kier molecular flexibility index (Phi) is 8.76. The third-order valence-corrected chi connectivity index (χ3v) is 9.41. The van der Waals surface area contributed by atoms with E-state index in [0.29, 0.717) is 24.5 Å². The summed E-state index contributed by atoms with van der Waals surface area (Å²) < 4.78 is 6.41. The molecule has 3 rings (SSSR count). The molecule has 29 heavy (non-hydrogen) atoms. The van der Waals surface area contributed by atoms with Gasteiger partial charge in [0.1, 0.15) is 0 Å². The Balaban J connectivity index is 1.61. The number of carbonyl (C=O) groups excluding carboxylic acids is 1. The van der Waals surface area contributed by atoms with E-state index in [1.165, 1.54) is 38.5 Å². The second kappa shape index (κ2) is 10.9. The predicted molar refractivity (Wildman–Crippen MR) is 123 cm³/mol. The van der Waals surface area contributed by atoms with E-state index in [1.54, 1.807) is 6.92 Å². The van der Waals surface area contributed by atoms with Crippen molar-refractivity contribution in [2.24, 2.45) is 29.4 Å². The van der Waals surface area contributed by atoms with Crippen molar-refractivity contribution in [3.63, 3.8) is 0 Å². The standard InChI is InChI=1S/C24H44N2O2S/c1-16(2)18-9-11-19(12-10-18)28-15-22-24(25)21(13-14-26(22)17(3)27)20-7-5-6-8-23(20)29-4/h16,18-24H,5-15,25H2,1-4H3/t18?,19?,20?,21?,22-,23?,24-/m0/s1. The Labute approximate surface area is 183 Å². The fourth-order valence-electron chi connectivity index (χ4n) is 6.30. The molecule has 168 valence electrons. The molecule has 0 bridgehead atoms. The monoisotopic (exact) mass is 424 g/mol. The van der Waals surface area contributed by atoms with Gasteiger partial charge in [-0.1, -0.05) is 26.7 Å². The van der Waals surface area contributed by atoms with Crippen molar-refractivity contribution in [2.75, 3.05) is 19.4 Å². The van der Waals surface area contributed by atoms with E-state index >= 15 is 0 Å².